The van der Waals surface area contributed by atoms with E-state index in [1.54, 1.807) is 18.2 Å². The first-order chi connectivity index (χ1) is 11.2. The molecule has 2 heterocycles. The number of rotatable bonds is 5. The first kappa shape index (κ1) is 15.7. The second kappa shape index (κ2) is 6.96. The Labute approximate surface area is 135 Å². The topological polar surface area (TPSA) is 54.3 Å². The predicted molar refractivity (Wildman–Crippen MR) is 85.2 cm³/mol. The van der Waals surface area contributed by atoms with Crippen molar-refractivity contribution in [3.05, 3.63) is 59.3 Å². The molecule has 0 aliphatic carbocycles. The summed E-state index contributed by atoms with van der Waals surface area (Å²) in [6.45, 7) is 2.60. The number of hydrogen-bond acceptors (Lipinski definition) is 3. The maximum absolute atomic E-state index is 14.1. The van der Waals surface area contributed by atoms with Crippen LogP contribution in [0.4, 0.5) is 4.39 Å². The fourth-order valence-electron chi connectivity index (χ4n) is 2.98. The molecule has 0 spiro atoms. The van der Waals surface area contributed by atoms with Gasteiger partial charge in [-0.05, 0) is 24.6 Å². The maximum Gasteiger partial charge on any atom is 0.220 e. The third-order valence-corrected chi connectivity index (χ3v) is 4.25. The van der Waals surface area contributed by atoms with E-state index in [9.17, 15) is 9.18 Å². The van der Waals surface area contributed by atoms with Crippen LogP contribution in [0, 0.1) is 5.82 Å². The van der Waals surface area contributed by atoms with E-state index in [1.807, 2.05) is 19.1 Å². The smallest absolute Gasteiger partial charge is 0.220 e. The van der Waals surface area contributed by atoms with Crippen LogP contribution in [0.3, 0.4) is 0 Å². The molecular formula is C18H21FN2O2. The van der Waals surface area contributed by atoms with Crippen LogP contribution in [0.1, 0.15) is 42.9 Å². The Bertz CT molecular complexity index is 683. The van der Waals surface area contributed by atoms with Crippen molar-refractivity contribution in [1.29, 1.82) is 0 Å². The van der Waals surface area contributed by atoms with Gasteiger partial charge in [-0.1, -0.05) is 25.1 Å². The number of hydrogen-bond donors (Lipinski definition) is 2. The van der Waals surface area contributed by atoms with Gasteiger partial charge in [-0.2, -0.15) is 0 Å². The fraction of sp³-hybridized carbons (Fsp3) is 0.389. The molecule has 1 aliphatic rings. The highest BCUT2D eigenvalue weighted by atomic mass is 19.1. The van der Waals surface area contributed by atoms with Gasteiger partial charge in [-0.3, -0.25) is 4.79 Å². The minimum atomic E-state index is -0.363. The summed E-state index contributed by atoms with van der Waals surface area (Å²) in [5, 5.41) is 6.30. The van der Waals surface area contributed by atoms with Gasteiger partial charge in [0.15, 0.2) is 0 Å². The molecule has 0 unspecified atom stereocenters. The summed E-state index contributed by atoms with van der Waals surface area (Å²) in [5.74, 6) is 1.47. The lowest BCUT2D eigenvalue weighted by molar-refractivity contribution is -0.123. The summed E-state index contributed by atoms with van der Waals surface area (Å²) in [7, 11) is 0. The Morgan fingerprint density at radius 2 is 2.04 bits per heavy atom. The molecule has 2 aromatic rings. The molecule has 2 N–H and O–H groups in total. The number of carbonyl (C=O) groups excluding carboxylic acids is 1. The summed E-state index contributed by atoms with van der Waals surface area (Å²) < 4.78 is 19.8. The number of halogens is 1. The van der Waals surface area contributed by atoms with Crippen LogP contribution >= 0.6 is 0 Å². The van der Waals surface area contributed by atoms with Crippen LogP contribution in [-0.2, 0) is 17.8 Å². The van der Waals surface area contributed by atoms with Crippen LogP contribution < -0.4 is 10.6 Å². The lowest BCUT2D eigenvalue weighted by Crippen LogP contribution is -2.48. The standard InChI is InChI=1S/C18H21FN2O2/c1-2-12-7-8-13(23-12)11-20-16-9-10-17(22)21-18(16)14-5-3-4-6-15(14)19/h3-8,16,18,20H,2,9-11H2,1H3,(H,21,22)/t16-,18+/m1/s1. The Kier molecular flexibility index (Phi) is 4.76. The second-order valence-electron chi connectivity index (χ2n) is 5.81. The molecule has 0 bridgehead atoms. The van der Waals surface area contributed by atoms with Crippen molar-refractivity contribution < 1.29 is 13.6 Å². The number of aryl methyl sites for hydroxylation is 1. The molecular weight excluding hydrogens is 295 g/mol. The molecule has 1 amide bonds. The van der Waals surface area contributed by atoms with Crippen LogP contribution in [0.25, 0.3) is 0 Å². The molecule has 0 radical (unpaired) electrons. The zero-order valence-electron chi connectivity index (χ0n) is 13.1. The quantitative estimate of drug-likeness (QED) is 0.891. The van der Waals surface area contributed by atoms with Gasteiger partial charge in [-0.25, -0.2) is 4.39 Å². The molecule has 23 heavy (non-hydrogen) atoms. The highest BCUT2D eigenvalue weighted by Crippen LogP contribution is 2.26. The molecule has 5 heteroatoms. The number of furan rings is 1. The fourth-order valence-corrected chi connectivity index (χ4v) is 2.98. The van der Waals surface area contributed by atoms with Crippen LogP contribution in [0.2, 0.25) is 0 Å². The van der Waals surface area contributed by atoms with E-state index in [0.29, 0.717) is 24.9 Å². The number of piperidine rings is 1. The monoisotopic (exact) mass is 316 g/mol. The number of nitrogens with one attached hydrogen (secondary N) is 2. The van der Waals surface area contributed by atoms with Gasteiger partial charge >= 0.3 is 0 Å². The maximum atomic E-state index is 14.1. The minimum Gasteiger partial charge on any atom is -0.465 e. The van der Waals surface area contributed by atoms with Gasteiger partial charge in [0.2, 0.25) is 5.91 Å². The van der Waals surface area contributed by atoms with Crippen molar-refractivity contribution in [3.63, 3.8) is 0 Å². The van der Waals surface area contributed by atoms with Crippen molar-refractivity contribution in [3.8, 4) is 0 Å². The van der Waals surface area contributed by atoms with Gasteiger partial charge < -0.3 is 15.1 Å². The zero-order chi connectivity index (χ0) is 16.2. The molecule has 1 saturated heterocycles. The Morgan fingerprint density at radius 1 is 1.26 bits per heavy atom. The molecule has 1 aromatic carbocycles. The lowest BCUT2D eigenvalue weighted by Gasteiger charge is -2.33. The third-order valence-electron chi connectivity index (χ3n) is 4.25. The number of benzene rings is 1. The summed E-state index contributed by atoms with van der Waals surface area (Å²) in [6, 6.07) is 10.1. The van der Waals surface area contributed by atoms with E-state index in [4.69, 9.17) is 4.42 Å². The summed E-state index contributed by atoms with van der Waals surface area (Å²) in [6.07, 6.45) is 1.98. The van der Waals surface area contributed by atoms with E-state index in [1.165, 1.54) is 6.07 Å². The average molecular weight is 316 g/mol. The van der Waals surface area contributed by atoms with E-state index < -0.39 is 0 Å². The molecule has 122 valence electrons. The predicted octanol–water partition coefficient (Wildman–Crippen LogP) is 3.09. The lowest BCUT2D eigenvalue weighted by atomic mass is 9.91. The van der Waals surface area contributed by atoms with Crippen LogP contribution in [-0.4, -0.2) is 11.9 Å². The number of carbonyl (C=O) groups is 1. The van der Waals surface area contributed by atoms with Crippen molar-refractivity contribution in [2.75, 3.05) is 0 Å². The Hall–Kier alpha value is -2.14. The minimum absolute atomic E-state index is 0.0280. The van der Waals surface area contributed by atoms with Crippen molar-refractivity contribution in [2.24, 2.45) is 0 Å². The van der Waals surface area contributed by atoms with Crippen molar-refractivity contribution in [2.45, 2.75) is 44.8 Å². The molecule has 1 fully saturated rings. The molecule has 2 atom stereocenters. The normalized spacial score (nSPS) is 21.2. The van der Waals surface area contributed by atoms with E-state index in [0.717, 1.165) is 17.9 Å². The highest BCUT2D eigenvalue weighted by Gasteiger charge is 2.31. The SMILES string of the molecule is CCc1ccc(CN[C@@H]2CCC(=O)N[C@H]2c2ccccc2F)o1. The summed E-state index contributed by atoms with van der Waals surface area (Å²) in [4.78, 5) is 11.7. The van der Waals surface area contributed by atoms with E-state index >= 15 is 0 Å². The first-order valence-corrected chi connectivity index (χ1v) is 8.02. The Balaban J connectivity index is 1.73. The third kappa shape index (κ3) is 3.62. The molecule has 1 aromatic heterocycles. The first-order valence-electron chi connectivity index (χ1n) is 8.02. The van der Waals surface area contributed by atoms with Gasteiger partial charge in [0.1, 0.15) is 17.3 Å². The van der Waals surface area contributed by atoms with E-state index in [-0.39, 0.29) is 23.8 Å². The van der Waals surface area contributed by atoms with Gasteiger partial charge in [0, 0.05) is 24.4 Å². The molecule has 0 saturated carbocycles. The van der Waals surface area contributed by atoms with Gasteiger partial charge in [0.25, 0.3) is 0 Å². The van der Waals surface area contributed by atoms with Crippen LogP contribution in [0.5, 0.6) is 0 Å². The van der Waals surface area contributed by atoms with E-state index in [2.05, 4.69) is 10.6 Å². The zero-order valence-corrected chi connectivity index (χ0v) is 13.1. The van der Waals surface area contributed by atoms with Crippen molar-refractivity contribution in [1.82, 2.24) is 10.6 Å². The highest BCUT2D eigenvalue weighted by molar-refractivity contribution is 5.77. The second-order valence-corrected chi connectivity index (χ2v) is 5.81. The van der Waals surface area contributed by atoms with Gasteiger partial charge in [0.05, 0.1) is 12.6 Å². The van der Waals surface area contributed by atoms with Crippen LogP contribution in [0.15, 0.2) is 40.8 Å². The summed E-state index contributed by atoms with van der Waals surface area (Å²) >= 11 is 0. The largest absolute Gasteiger partial charge is 0.465 e. The average Bonchev–Trinajstić information content (AvgIpc) is 3.02. The molecule has 4 nitrogen and oxygen atoms in total. The Morgan fingerprint density at radius 3 is 2.78 bits per heavy atom. The molecule has 1 aliphatic heterocycles. The molecule has 3 rings (SSSR count). The van der Waals surface area contributed by atoms with Gasteiger partial charge in [-0.15, -0.1) is 0 Å². The summed E-state index contributed by atoms with van der Waals surface area (Å²) in [5.41, 5.74) is 0.520. The number of amides is 1. The van der Waals surface area contributed by atoms with Crippen molar-refractivity contribution >= 4 is 5.91 Å².